The minimum atomic E-state index is -0.0781. The average molecular weight is 455 g/mol. The highest BCUT2D eigenvalue weighted by molar-refractivity contribution is 5.88. The first-order valence-corrected chi connectivity index (χ1v) is 12.1. The molecule has 0 unspecified atom stereocenters. The highest BCUT2D eigenvalue weighted by Crippen LogP contribution is 2.29. The van der Waals surface area contributed by atoms with Crippen molar-refractivity contribution in [1.29, 1.82) is 0 Å². The molecule has 0 atom stereocenters. The summed E-state index contributed by atoms with van der Waals surface area (Å²) in [4.78, 5) is 18.4. The van der Waals surface area contributed by atoms with Crippen LogP contribution in [0.3, 0.4) is 0 Å². The molecule has 0 radical (unpaired) electrons. The predicted molar refractivity (Wildman–Crippen MR) is 138 cm³/mol. The van der Waals surface area contributed by atoms with E-state index < -0.39 is 0 Å². The molecule has 2 aromatic heterocycles. The number of piperazine rings is 1. The van der Waals surface area contributed by atoms with Crippen molar-refractivity contribution in [2.24, 2.45) is 0 Å². The molecular weight excluding hydrogens is 424 g/mol. The Morgan fingerprint density at radius 3 is 2.18 bits per heavy atom. The lowest BCUT2D eigenvalue weighted by atomic mass is 10.1. The second kappa shape index (κ2) is 8.33. The highest BCUT2D eigenvalue weighted by atomic mass is 16.1. The van der Waals surface area contributed by atoms with Gasteiger partial charge in [-0.05, 0) is 62.7 Å². The standard InChI is InChI=1S/C27H30N6O/c1-19-25-18-29-33(22-9-7-21(8-10-22)31-15-11-28-12-16-31)27(34)26(25)20(2)32(19)24-6-3-5-23(17-24)30-13-4-14-30/h3,5-10,17-18,28H,4,11-16H2,1-2H3. The van der Waals surface area contributed by atoms with Gasteiger partial charge in [0.05, 0.1) is 17.3 Å². The first-order chi connectivity index (χ1) is 16.6. The minimum Gasteiger partial charge on any atom is -0.371 e. The van der Waals surface area contributed by atoms with Crippen molar-refractivity contribution in [1.82, 2.24) is 19.7 Å². The van der Waals surface area contributed by atoms with Crippen LogP contribution in [0.4, 0.5) is 11.4 Å². The van der Waals surface area contributed by atoms with E-state index in [0.717, 1.165) is 72.8 Å². The molecule has 7 heteroatoms. The van der Waals surface area contributed by atoms with E-state index in [1.807, 2.05) is 25.3 Å². The molecule has 0 aliphatic carbocycles. The molecule has 2 fully saturated rings. The number of fused-ring (bicyclic) bond motifs is 1. The number of nitrogens with one attached hydrogen (secondary N) is 1. The molecule has 34 heavy (non-hydrogen) atoms. The number of aryl methyl sites for hydroxylation is 2. The smallest absolute Gasteiger partial charge is 0.281 e. The maximum Gasteiger partial charge on any atom is 0.281 e. The zero-order valence-electron chi connectivity index (χ0n) is 19.8. The SMILES string of the molecule is Cc1c2cnn(-c3ccc(N4CCNCC4)cc3)c(=O)c2c(C)n1-c1cccc(N2CCC2)c1. The van der Waals surface area contributed by atoms with Gasteiger partial charge in [0.2, 0.25) is 0 Å². The fraction of sp³-hybridized carbons (Fsp3) is 0.333. The molecule has 2 aliphatic heterocycles. The fourth-order valence-corrected chi connectivity index (χ4v) is 5.26. The van der Waals surface area contributed by atoms with Crippen LogP contribution in [0.2, 0.25) is 0 Å². The van der Waals surface area contributed by atoms with Crippen LogP contribution in [-0.4, -0.2) is 53.6 Å². The first kappa shape index (κ1) is 21.0. The Labute approximate surface area is 199 Å². The number of rotatable bonds is 4. The molecule has 2 aliphatic rings. The normalized spacial score (nSPS) is 16.2. The van der Waals surface area contributed by atoms with Crippen LogP contribution < -0.4 is 20.7 Å². The van der Waals surface area contributed by atoms with Gasteiger partial charge in [0.1, 0.15) is 0 Å². The average Bonchev–Trinajstić information content (AvgIpc) is 3.09. The van der Waals surface area contributed by atoms with E-state index in [0.29, 0.717) is 0 Å². The van der Waals surface area contributed by atoms with E-state index in [4.69, 9.17) is 0 Å². The Morgan fingerprint density at radius 2 is 1.47 bits per heavy atom. The molecule has 2 aromatic carbocycles. The summed E-state index contributed by atoms with van der Waals surface area (Å²) in [6.07, 6.45) is 3.08. The van der Waals surface area contributed by atoms with Crippen LogP contribution in [0.15, 0.2) is 59.5 Å². The maximum atomic E-state index is 13.6. The molecule has 4 aromatic rings. The molecular formula is C27H30N6O. The molecule has 7 nitrogen and oxygen atoms in total. The van der Waals surface area contributed by atoms with Gasteiger partial charge in [-0.1, -0.05) is 6.07 Å². The first-order valence-electron chi connectivity index (χ1n) is 12.1. The third-order valence-corrected chi connectivity index (χ3v) is 7.29. The second-order valence-corrected chi connectivity index (χ2v) is 9.27. The van der Waals surface area contributed by atoms with Crippen LogP contribution in [0.25, 0.3) is 22.1 Å². The maximum absolute atomic E-state index is 13.6. The van der Waals surface area contributed by atoms with Gasteiger partial charge in [-0.15, -0.1) is 0 Å². The Hall–Kier alpha value is -3.58. The molecule has 0 saturated carbocycles. The second-order valence-electron chi connectivity index (χ2n) is 9.27. The van der Waals surface area contributed by atoms with Crippen molar-refractivity contribution >= 4 is 22.1 Å². The molecule has 0 bridgehead atoms. The topological polar surface area (TPSA) is 58.3 Å². The van der Waals surface area contributed by atoms with Crippen molar-refractivity contribution in [3.05, 3.63) is 76.5 Å². The number of benzene rings is 2. The molecule has 0 spiro atoms. The zero-order chi connectivity index (χ0) is 23.2. The number of nitrogens with zero attached hydrogens (tertiary/aromatic N) is 5. The summed E-state index contributed by atoms with van der Waals surface area (Å²) in [6.45, 7) is 10.3. The molecule has 4 heterocycles. The van der Waals surface area contributed by atoms with Gasteiger partial charge in [-0.3, -0.25) is 4.79 Å². The summed E-state index contributed by atoms with van der Waals surface area (Å²) in [7, 11) is 0. The molecule has 0 amide bonds. The van der Waals surface area contributed by atoms with E-state index in [1.165, 1.54) is 22.5 Å². The van der Waals surface area contributed by atoms with E-state index in [2.05, 4.69) is 68.1 Å². The summed E-state index contributed by atoms with van der Waals surface area (Å²) >= 11 is 0. The fourth-order valence-electron chi connectivity index (χ4n) is 5.26. The minimum absolute atomic E-state index is 0.0781. The van der Waals surface area contributed by atoms with E-state index in [-0.39, 0.29) is 5.56 Å². The van der Waals surface area contributed by atoms with Crippen molar-refractivity contribution < 1.29 is 0 Å². The van der Waals surface area contributed by atoms with Crippen molar-refractivity contribution in [2.75, 3.05) is 49.1 Å². The predicted octanol–water partition coefficient (Wildman–Crippen LogP) is 3.41. The van der Waals surface area contributed by atoms with E-state index in [1.54, 1.807) is 0 Å². The number of hydrogen-bond donors (Lipinski definition) is 1. The van der Waals surface area contributed by atoms with Crippen LogP contribution in [0.5, 0.6) is 0 Å². The van der Waals surface area contributed by atoms with Crippen molar-refractivity contribution in [3.63, 3.8) is 0 Å². The number of aromatic nitrogens is 3. The number of anilines is 2. The largest absolute Gasteiger partial charge is 0.371 e. The van der Waals surface area contributed by atoms with Gasteiger partial charge in [-0.25, -0.2) is 0 Å². The lowest BCUT2D eigenvalue weighted by Gasteiger charge is -2.33. The number of hydrogen-bond acceptors (Lipinski definition) is 5. The quantitative estimate of drug-likeness (QED) is 0.512. The van der Waals surface area contributed by atoms with Gasteiger partial charge in [0, 0.05) is 73.1 Å². The van der Waals surface area contributed by atoms with E-state index in [9.17, 15) is 4.79 Å². The van der Waals surface area contributed by atoms with Gasteiger partial charge in [0.15, 0.2) is 0 Å². The summed E-state index contributed by atoms with van der Waals surface area (Å²) in [5.41, 5.74) is 6.20. The van der Waals surface area contributed by atoms with Gasteiger partial charge in [0.25, 0.3) is 5.56 Å². The Kier molecular flexibility index (Phi) is 5.14. The molecule has 1 N–H and O–H groups in total. The van der Waals surface area contributed by atoms with Crippen molar-refractivity contribution in [2.45, 2.75) is 20.3 Å². The van der Waals surface area contributed by atoms with Crippen LogP contribution >= 0.6 is 0 Å². The Bertz CT molecular complexity index is 1410. The lowest BCUT2D eigenvalue weighted by molar-refractivity contribution is 0.589. The van der Waals surface area contributed by atoms with Gasteiger partial charge in [-0.2, -0.15) is 9.78 Å². The zero-order valence-corrected chi connectivity index (χ0v) is 19.8. The lowest BCUT2D eigenvalue weighted by Crippen LogP contribution is -2.43. The summed E-state index contributed by atoms with van der Waals surface area (Å²) in [5.74, 6) is 0. The Balaban J connectivity index is 1.40. The Morgan fingerprint density at radius 1 is 0.794 bits per heavy atom. The van der Waals surface area contributed by atoms with Crippen LogP contribution in [-0.2, 0) is 0 Å². The molecule has 2 saturated heterocycles. The monoisotopic (exact) mass is 454 g/mol. The highest BCUT2D eigenvalue weighted by Gasteiger charge is 2.20. The molecule has 174 valence electrons. The van der Waals surface area contributed by atoms with E-state index >= 15 is 0 Å². The van der Waals surface area contributed by atoms with Crippen LogP contribution in [0, 0.1) is 13.8 Å². The summed E-state index contributed by atoms with van der Waals surface area (Å²) < 4.78 is 3.71. The van der Waals surface area contributed by atoms with Gasteiger partial charge < -0.3 is 19.7 Å². The summed E-state index contributed by atoms with van der Waals surface area (Å²) in [6, 6.07) is 16.8. The van der Waals surface area contributed by atoms with Crippen molar-refractivity contribution in [3.8, 4) is 11.4 Å². The van der Waals surface area contributed by atoms with Gasteiger partial charge >= 0.3 is 0 Å². The third kappa shape index (κ3) is 3.39. The molecule has 6 rings (SSSR count). The van der Waals surface area contributed by atoms with Crippen LogP contribution in [0.1, 0.15) is 17.8 Å². The summed E-state index contributed by atoms with van der Waals surface area (Å²) in [5, 5.41) is 9.58. The third-order valence-electron chi connectivity index (χ3n) is 7.29.